The minimum Gasteiger partial charge on any atom is -0.228 e. The SMILES string of the molecule is CC1CCC(C#N)C(S(=O)(=O)C(C)C)C1. The number of rotatable bonds is 2. The lowest BCUT2D eigenvalue weighted by Crippen LogP contribution is -2.38. The molecule has 0 aromatic rings. The molecule has 0 spiro atoms. The lowest BCUT2D eigenvalue weighted by molar-refractivity contribution is 0.334. The molecule has 1 fully saturated rings. The van der Waals surface area contributed by atoms with Gasteiger partial charge in [0.2, 0.25) is 0 Å². The summed E-state index contributed by atoms with van der Waals surface area (Å²) in [6.07, 6.45) is 2.36. The molecule has 1 aliphatic rings. The van der Waals surface area contributed by atoms with Crippen molar-refractivity contribution in [2.75, 3.05) is 0 Å². The largest absolute Gasteiger partial charge is 0.228 e. The fourth-order valence-electron chi connectivity index (χ4n) is 2.19. The minimum atomic E-state index is -3.12. The maximum atomic E-state index is 12.0. The molecule has 0 heterocycles. The van der Waals surface area contributed by atoms with Crippen LogP contribution in [0, 0.1) is 23.2 Å². The van der Waals surface area contributed by atoms with Crippen LogP contribution in [0.3, 0.4) is 0 Å². The maximum absolute atomic E-state index is 12.0. The Balaban J connectivity index is 2.95. The van der Waals surface area contributed by atoms with Crippen molar-refractivity contribution in [2.45, 2.75) is 50.5 Å². The molecule has 1 rings (SSSR count). The predicted octanol–water partition coefficient (Wildman–Crippen LogP) is 2.14. The summed E-state index contributed by atoms with van der Waals surface area (Å²) in [5, 5.41) is 8.17. The summed E-state index contributed by atoms with van der Waals surface area (Å²) in [5.41, 5.74) is 0. The summed E-state index contributed by atoms with van der Waals surface area (Å²) in [6, 6.07) is 2.16. The zero-order valence-corrected chi connectivity index (χ0v) is 10.4. The second-order valence-corrected chi connectivity index (χ2v) is 7.56. The highest BCUT2D eigenvalue weighted by atomic mass is 32.2. The van der Waals surface area contributed by atoms with Crippen LogP contribution >= 0.6 is 0 Å². The molecule has 0 radical (unpaired) electrons. The second-order valence-electron chi connectivity index (χ2n) is 4.83. The number of sulfone groups is 1. The summed E-state index contributed by atoms with van der Waals surface area (Å²) in [5.74, 6) is 0.127. The van der Waals surface area contributed by atoms with Crippen molar-refractivity contribution in [3.8, 4) is 6.07 Å². The first-order valence-corrected chi connectivity index (χ1v) is 7.12. The molecular formula is C11H19NO2S. The highest BCUT2D eigenvalue weighted by Gasteiger charge is 2.39. The van der Waals surface area contributed by atoms with Crippen LogP contribution < -0.4 is 0 Å². The number of hydrogen-bond acceptors (Lipinski definition) is 3. The van der Waals surface area contributed by atoms with Crippen molar-refractivity contribution in [3.05, 3.63) is 0 Å². The van der Waals surface area contributed by atoms with Crippen molar-refractivity contribution in [3.63, 3.8) is 0 Å². The van der Waals surface area contributed by atoms with E-state index in [4.69, 9.17) is 5.26 Å². The fraction of sp³-hybridized carbons (Fsp3) is 0.909. The third-order valence-corrected chi connectivity index (χ3v) is 5.98. The van der Waals surface area contributed by atoms with E-state index in [0.717, 1.165) is 12.8 Å². The van der Waals surface area contributed by atoms with Crippen molar-refractivity contribution in [2.24, 2.45) is 11.8 Å². The standard InChI is InChI=1S/C11H19NO2S/c1-8(2)15(13,14)11-6-9(3)4-5-10(11)7-12/h8-11H,4-6H2,1-3H3. The molecule has 0 aromatic carbocycles. The van der Waals surface area contributed by atoms with E-state index in [2.05, 4.69) is 13.0 Å². The van der Waals surface area contributed by atoms with Gasteiger partial charge in [-0.1, -0.05) is 6.92 Å². The monoisotopic (exact) mass is 229 g/mol. The first-order chi connectivity index (χ1) is 6.89. The van der Waals surface area contributed by atoms with Crippen LogP contribution in [0.2, 0.25) is 0 Å². The van der Waals surface area contributed by atoms with E-state index < -0.39 is 15.1 Å². The Morgan fingerprint density at radius 2 is 1.93 bits per heavy atom. The molecule has 86 valence electrons. The quantitative estimate of drug-likeness (QED) is 0.729. The molecule has 1 saturated carbocycles. The van der Waals surface area contributed by atoms with Gasteiger partial charge in [-0.15, -0.1) is 0 Å². The molecule has 3 nitrogen and oxygen atoms in total. The van der Waals surface area contributed by atoms with Crippen LogP contribution in [0.1, 0.15) is 40.0 Å². The van der Waals surface area contributed by atoms with Gasteiger partial charge >= 0.3 is 0 Å². The van der Waals surface area contributed by atoms with Gasteiger partial charge in [-0.25, -0.2) is 8.42 Å². The third kappa shape index (κ3) is 2.52. The van der Waals surface area contributed by atoms with E-state index in [-0.39, 0.29) is 11.2 Å². The Bertz CT molecular complexity index is 353. The summed E-state index contributed by atoms with van der Waals surface area (Å²) in [6.45, 7) is 5.46. The van der Waals surface area contributed by atoms with Crippen molar-refractivity contribution < 1.29 is 8.42 Å². The molecule has 4 heteroatoms. The van der Waals surface area contributed by atoms with Crippen LogP contribution in [-0.2, 0) is 9.84 Å². The van der Waals surface area contributed by atoms with Gasteiger partial charge in [0.1, 0.15) is 0 Å². The molecule has 0 saturated heterocycles. The molecule has 15 heavy (non-hydrogen) atoms. The van der Waals surface area contributed by atoms with Gasteiger partial charge in [-0.3, -0.25) is 0 Å². The normalized spacial score (nSPS) is 32.6. The molecule has 1 aliphatic carbocycles. The smallest absolute Gasteiger partial charge is 0.156 e. The highest BCUT2D eigenvalue weighted by Crippen LogP contribution is 2.34. The zero-order valence-electron chi connectivity index (χ0n) is 9.60. The van der Waals surface area contributed by atoms with E-state index >= 15 is 0 Å². The molecule has 0 amide bonds. The van der Waals surface area contributed by atoms with E-state index in [1.54, 1.807) is 13.8 Å². The van der Waals surface area contributed by atoms with E-state index in [9.17, 15) is 8.42 Å². The van der Waals surface area contributed by atoms with Gasteiger partial charge in [0.05, 0.1) is 22.5 Å². The number of hydrogen-bond donors (Lipinski definition) is 0. The molecule has 0 bridgehead atoms. The molecular weight excluding hydrogens is 210 g/mol. The Morgan fingerprint density at radius 3 is 2.40 bits per heavy atom. The van der Waals surface area contributed by atoms with Gasteiger partial charge in [0, 0.05) is 0 Å². The van der Waals surface area contributed by atoms with Crippen LogP contribution in [0.4, 0.5) is 0 Å². The molecule has 0 aliphatic heterocycles. The van der Waals surface area contributed by atoms with Crippen molar-refractivity contribution in [1.29, 1.82) is 5.26 Å². The van der Waals surface area contributed by atoms with E-state index in [1.165, 1.54) is 0 Å². The lowest BCUT2D eigenvalue weighted by atomic mass is 9.83. The molecule has 3 unspecified atom stereocenters. The maximum Gasteiger partial charge on any atom is 0.156 e. The Morgan fingerprint density at radius 1 is 1.33 bits per heavy atom. The molecule has 3 atom stereocenters. The number of nitrogens with zero attached hydrogens (tertiary/aromatic N) is 1. The Labute approximate surface area is 92.4 Å². The van der Waals surface area contributed by atoms with Gasteiger partial charge < -0.3 is 0 Å². The average molecular weight is 229 g/mol. The van der Waals surface area contributed by atoms with Gasteiger partial charge in [0.25, 0.3) is 0 Å². The fourth-order valence-corrected chi connectivity index (χ4v) is 4.14. The van der Waals surface area contributed by atoms with Crippen LogP contribution in [0.15, 0.2) is 0 Å². The predicted molar refractivity (Wildman–Crippen MR) is 60.0 cm³/mol. The van der Waals surface area contributed by atoms with Gasteiger partial charge in [-0.05, 0) is 39.0 Å². The Kier molecular flexibility index (Phi) is 3.77. The minimum absolute atomic E-state index is 0.298. The van der Waals surface area contributed by atoms with Gasteiger partial charge in [0.15, 0.2) is 9.84 Å². The van der Waals surface area contributed by atoms with Crippen LogP contribution in [0.5, 0.6) is 0 Å². The van der Waals surface area contributed by atoms with Crippen molar-refractivity contribution >= 4 is 9.84 Å². The van der Waals surface area contributed by atoms with Gasteiger partial charge in [-0.2, -0.15) is 5.26 Å². The topological polar surface area (TPSA) is 57.9 Å². The lowest BCUT2D eigenvalue weighted by Gasteiger charge is -2.31. The first kappa shape index (κ1) is 12.5. The third-order valence-electron chi connectivity index (χ3n) is 3.30. The Hall–Kier alpha value is -0.560. The van der Waals surface area contributed by atoms with Crippen LogP contribution in [0.25, 0.3) is 0 Å². The summed E-state index contributed by atoms with van der Waals surface area (Å²) >= 11 is 0. The molecule has 0 N–H and O–H groups in total. The molecule has 0 aromatic heterocycles. The van der Waals surface area contributed by atoms with E-state index in [0.29, 0.717) is 12.3 Å². The first-order valence-electron chi connectivity index (χ1n) is 5.52. The van der Waals surface area contributed by atoms with E-state index in [1.807, 2.05) is 0 Å². The zero-order chi connectivity index (χ0) is 11.6. The van der Waals surface area contributed by atoms with Crippen LogP contribution in [-0.4, -0.2) is 18.9 Å². The average Bonchev–Trinajstić information content (AvgIpc) is 2.17. The number of nitriles is 1. The summed E-state index contributed by atoms with van der Waals surface area (Å²) in [4.78, 5) is 0. The highest BCUT2D eigenvalue weighted by molar-refractivity contribution is 7.92. The summed E-state index contributed by atoms with van der Waals surface area (Å²) in [7, 11) is -3.12. The second kappa shape index (κ2) is 4.52. The summed E-state index contributed by atoms with van der Waals surface area (Å²) < 4.78 is 24.1. The van der Waals surface area contributed by atoms with Crippen molar-refractivity contribution in [1.82, 2.24) is 0 Å².